The van der Waals surface area contributed by atoms with E-state index < -0.39 is 23.9 Å². The molecule has 0 aromatic carbocycles. The van der Waals surface area contributed by atoms with Gasteiger partial charge < -0.3 is 20.8 Å². The molecule has 1 fully saturated rings. The lowest BCUT2D eigenvalue weighted by Crippen LogP contribution is -2.46. The highest BCUT2D eigenvalue weighted by molar-refractivity contribution is 5.85. The van der Waals surface area contributed by atoms with Crippen LogP contribution in [0.3, 0.4) is 0 Å². The molecule has 1 unspecified atom stereocenters. The number of carboxylic acid groups (broad SMARTS) is 2. The maximum absolute atomic E-state index is 11.6. The van der Waals surface area contributed by atoms with Crippen molar-refractivity contribution in [3.05, 3.63) is 0 Å². The molecule has 0 aromatic heterocycles. The van der Waals surface area contributed by atoms with E-state index in [0.29, 0.717) is 6.04 Å². The van der Waals surface area contributed by atoms with Crippen LogP contribution in [0.4, 0.5) is 0 Å². The van der Waals surface area contributed by atoms with Gasteiger partial charge in [0.2, 0.25) is 5.91 Å². The summed E-state index contributed by atoms with van der Waals surface area (Å²) in [5.41, 5.74) is 0. The molecule has 1 aliphatic rings. The zero-order valence-corrected chi connectivity index (χ0v) is 10.7. The van der Waals surface area contributed by atoms with Gasteiger partial charge >= 0.3 is 11.9 Å². The van der Waals surface area contributed by atoms with Crippen molar-refractivity contribution in [3.8, 4) is 0 Å². The van der Waals surface area contributed by atoms with E-state index in [-0.39, 0.29) is 19.4 Å². The molecule has 0 saturated heterocycles. The van der Waals surface area contributed by atoms with Crippen LogP contribution < -0.4 is 10.6 Å². The monoisotopic (exact) mass is 272 g/mol. The normalized spacial score (nSPS) is 17.1. The van der Waals surface area contributed by atoms with Crippen molar-refractivity contribution in [2.75, 3.05) is 6.54 Å². The fourth-order valence-corrected chi connectivity index (χ4v) is 2.14. The highest BCUT2D eigenvalue weighted by Gasteiger charge is 2.21. The first-order valence-electron chi connectivity index (χ1n) is 6.46. The van der Waals surface area contributed by atoms with Crippen LogP contribution in [-0.4, -0.2) is 46.7 Å². The van der Waals surface area contributed by atoms with E-state index in [2.05, 4.69) is 10.6 Å². The van der Waals surface area contributed by atoms with Gasteiger partial charge in [-0.15, -0.1) is 0 Å². The highest BCUT2D eigenvalue weighted by atomic mass is 16.4. The van der Waals surface area contributed by atoms with Gasteiger partial charge in [-0.3, -0.25) is 9.59 Å². The first kappa shape index (κ1) is 15.4. The molecule has 0 heterocycles. The van der Waals surface area contributed by atoms with Gasteiger partial charge in [-0.05, 0) is 19.3 Å². The molecule has 0 spiro atoms. The highest BCUT2D eigenvalue weighted by Crippen LogP contribution is 2.17. The van der Waals surface area contributed by atoms with E-state index in [1.54, 1.807) is 0 Å². The minimum absolute atomic E-state index is 0.0710. The number of aliphatic carboxylic acids is 2. The van der Waals surface area contributed by atoms with Crippen LogP contribution in [0.15, 0.2) is 0 Å². The minimum atomic E-state index is -1.21. The number of carboxylic acids is 2. The molecule has 7 nitrogen and oxygen atoms in total. The van der Waals surface area contributed by atoms with E-state index in [1.165, 1.54) is 0 Å². The predicted molar refractivity (Wildman–Crippen MR) is 66.7 cm³/mol. The average molecular weight is 272 g/mol. The molecule has 0 aliphatic heterocycles. The summed E-state index contributed by atoms with van der Waals surface area (Å²) in [7, 11) is 0. The van der Waals surface area contributed by atoms with Gasteiger partial charge in [-0.1, -0.05) is 12.8 Å². The van der Waals surface area contributed by atoms with Crippen molar-refractivity contribution < 1.29 is 24.6 Å². The smallest absolute Gasteiger partial charge is 0.326 e. The van der Waals surface area contributed by atoms with Crippen molar-refractivity contribution in [3.63, 3.8) is 0 Å². The number of nitrogens with one attached hydrogen (secondary N) is 2. The lowest BCUT2D eigenvalue weighted by molar-refractivity contribution is -0.143. The molecule has 0 bridgehead atoms. The largest absolute Gasteiger partial charge is 0.481 e. The number of amides is 1. The molecular formula is C12H20N2O5. The second kappa shape index (κ2) is 7.73. The Morgan fingerprint density at radius 1 is 1.16 bits per heavy atom. The summed E-state index contributed by atoms with van der Waals surface area (Å²) in [5.74, 6) is -2.70. The zero-order chi connectivity index (χ0) is 14.3. The number of hydrogen-bond donors (Lipinski definition) is 4. The van der Waals surface area contributed by atoms with E-state index >= 15 is 0 Å². The third kappa shape index (κ3) is 6.19. The molecule has 4 N–H and O–H groups in total. The van der Waals surface area contributed by atoms with Gasteiger partial charge in [-0.2, -0.15) is 0 Å². The van der Waals surface area contributed by atoms with Gasteiger partial charge in [0, 0.05) is 12.5 Å². The molecule has 1 atom stereocenters. The quantitative estimate of drug-likeness (QED) is 0.492. The second-order valence-corrected chi connectivity index (χ2v) is 4.75. The number of rotatable bonds is 8. The summed E-state index contributed by atoms with van der Waals surface area (Å²) in [6.07, 6.45) is 3.97. The topological polar surface area (TPSA) is 116 Å². The summed E-state index contributed by atoms with van der Waals surface area (Å²) >= 11 is 0. The molecule has 1 saturated carbocycles. The van der Waals surface area contributed by atoms with Crippen LogP contribution in [0.25, 0.3) is 0 Å². The molecule has 19 heavy (non-hydrogen) atoms. The Balaban J connectivity index is 2.29. The van der Waals surface area contributed by atoms with Crippen molar-refractivity contribution in [1.29, 1.82) is 0 Å². The summed E-state index contributed by atoms with van der Waals surface area (Å²) in [6, 6.07) is -0.818. The maximum Gasteiger partial charge on any atom is 0.326 e. The SMILES string of the molecule is O=C(O)CCC(NC(=O)CNC1CCCC1)C(=O)O. The summed E-state index contributed by atoms with van der Waals surface area (Å²) in [5, 5.41) is 22.8. The minimum Gasteiger partial charge on any atom is -0.481 e. The summed E-state index contributed by atoms with van der Waals surface area (Å²) in [4.78, 5) is 32.8. The molecule has 0 radical (unpaired) electrons. The third-order valence-corrected chi connectivity index (χ3v) is 3.19. The van der Waals surface area contributed by atoms with Crippen LogP contribution in [0.2, 0.25) is 0 Å². The van der Waals surface area contributed by atoms with Crippen molar-refractivity contribution in [2.24, 2.45) is 0 Å². The molecule has 1 aliphatic carbocycles. The van der Waals surface area contributed by atoms with Crippen molar-refractivity contribution in [1.82, 2.24) is 10.6 Å². The third-order valence-electron chi connectivity index (χ3n) is 3.19. The van der Waals surface area contributed by atoms with Gasteiger partial charge in [0.25, 0.3) is 0 Å². The Hall–Kier alpha value is -1.63. The first-order chi connectivity index (χ1) is 8.99. The van der Waals surface area contributed by atoms with Gasteiger partial charge in [0.15, 0.2) is 0 Å². The van der Waals surface area contributed by atoms with Crippen LogP contribution in [0.1, 0.15) is 38.5 Å². The zero-order valence-electron chi connectivity index (χ0n) is 10.7. The Kier molecular flexibility index (Phi) is 6.27. The molecule has 108 valence electrons. The fraction of sp³-hybridized carbons (Fsp3) is 0.750. The van der Waals surface area contributed by atoms with Crippen LogP contribution in [-0.2, 0) is 14.4 Å². The first-order valence-corrected chi connectivity index (χ1v) is 6.46. The van der Waals surface area contributed by atoms with E-state index in [1.807, 2.05) is 0 Å². The molecule has 0 aromatic rings. The van der Waals surface area contributed by atoms with E-state index in [4.69, 9.17) is 10.2 Å². The lowest BCUT2D eigenvalue weighted by atomic mass is 10.1. The maximum atomic E-state index is 11.6. The lowest BCUT2D eigenvalue weighted by Gasteiger charge is -2.15. The molecule has 7 heteroatoms. The summed E-state index contributed by atoms with van der Waals surface area (Å²) < 4.78 is 0. The Morgan fingerprint density at radius 2 is 1.79 bits per heavy atom. The van der Waals surface area contributed by atoms with Crippen molar-refractivity contribution >= 4 is 17.8 Å². The van der Waals surface area contributed by atoms with Crippen molar-refractivity contribution in [2.45, 2.75) is 50.6 Å². The van der Waals surface area contributed by atoms with E-state index in [9.17, 15) is 14.4 Å². The second-order valence-electron chi connectivity index (χ2n) is 4.75. The Morgan fingerprint density at radius 3 is 2.32 bits per heavy atom. The predicted octanol–water partition coefficient (Wildman–Crippen LogP) is -0.0472. The van der Waals surface area contributed by atoms with Gasteiger partial charge in [-0.25, -0.2) is 4.79 Å². The standard InChI is InChI=1S/C12H20N2O5/c15-10(7-13-8-3-1-2-4-8)14-9(12(18)19)5-6-11(16)17/h8-9,13H,1-7H2,(H,14,15)(H,16,17)(H,18,19). The van der Waals surface area contributed by atoms with Gasteiger partial charge in [0.05, 0.1) is 6.54 Å². The van der Waals surface area contributed by atoms with Crippen LogP contribution >= 0.6 is 0 Å². The average Bonchev–Trinajstić information content (AvgIpc) is 2.84. The molecule has 1 rings (SSSR count). The number of carbonyl (C=O) groups is 3. The van der Waals surface area contributed by atoms with Crippen LogP contribution in [0, 0.1) is 0 Å². The van der Waals surface area contributed by atoms with E-state index in [0.717, 1.165) is 25.7 Å². The number of hydrogen-bond acceptors (Lipinski definition) is 4. The molecule has 1 amide bonds. The Bertz CT molecular complexity index is 339. The molecular weight excluding hydrogens is 252 g/mol. The summed E-state index contributed by atoms with van der Waals surface area (Å²) in [6.45, 7) is 0.0710. The number of carbonyl (C=O) groups excluding carboxylic acids is 1. The van der Waals surface area contributed by atoms with Crippen LogP contribution in [0.5, 0.6) is 0 Å². The van der Waals surface area contributed by atoms with Gasteiger partial charge in [0.1, 0.15) is 6.04 Å². The fourth-order valence-electron chi connectivity index (χ4n) is 2.14. The Labute approximate surface area is 111 Å².